The molecule has 0 amide bonds. The summed E-state index contributed by atoms with van der Waals surface area (Å²) in [5.74, 6) is 4.23. The number of anilines is 6. The van der Waals surface area contributed by atoms with Crippen LogP contribution in [0, 0.1) is 55.4 Å². The van der Waals surface area contributed by atoms with E-state index in [-0.39, 0.29) is 0 Å². The topological polar surface area (TPSA) is 380 Å². The van der Waals surface area contributed by atoms with Gasteiger partial charge in [0.05, 0.1) is 23.4 Å². The number of hydrogen-bond donors (Lipinski definition) is 8. The molecule has 0 radical (unpaired) electrons. The van der Waals surface area contributed by atoms with E-state index in [4.69, 9.17) is 55.5 Å². The summed E-state index contributed by atoms with van der Waals surface area (Å²) in [5.41, 5.74) is 60.9. The van der Waals surface area contributed by atoms with Crippen molar-refractivity contribution in [1.82, 2.24) is 50.3 Å². The lowest BCUT2D eigenvalue weighted by Crippen LogP contribution is -2.20. The molecule has 16 rings (SSSR count). The molecule has 0 aliphatic carbocycles. The minimum atomic E-state index is 0.469. The van der Waals surface area contributed by atoms with Gasteiger partial charge < -0.3 is 55.5 Å². The summed E-state index contributed by atoms with van der Waals surface area (Å²) in [6.45, 7) is 17.3. The van der Waals surface area contributed by atoms with E-state index in [1.807, 2.05) is 176 Å². The molecule has 8 heterocycles. The zero-order valence-electron chi connectivity index (χ0n) is 54.7. The minimum absolute atomic E-state index is 0.469. The van der Waals surface area contributed by atoms with Gasteiger partial charge in [-0.05, 0) is 132 Å². The van der Waals surface area contributed by atoms with E-state index in [9.17, 15) is 0 Å². The van der Waals surface area contributed by atoms with Crippen LogP contribution in [0.2, 0.25) is 0 Å². The monoisotopic (exact) mass is 1280 g/mol. The Labute approximate surface area is 555 Å². The molecule has 0 bridgehead atoms. The third-order valence-electron chi connectivity index (χ3n) is 15.1. The Kier molecular flexibility index (Phi) is 22.2. The highest BCUT2D eigenvalue weighted by Crippen LogP contribution is 2.24. The molecule has 2 aliphatic heterocycles. The van der Waals surface area contributed by atoms with Crippen molar-refractivity contribution in [3.8, 4) is 0 Å². The summed E-state index contributed by atoms with van der Waals surface area (Å²) in [4.78, 5) is 33.9. The third-order valence-corrected chi connectivity index (χ3v) is 15.1. The largest absolute Gasteiger partial charge is 0.389 e. The molecule has 96 heavy (non-hydrogen) atoms. The number of benzene rings is 8. The Hall–Kier alpha value is -12.7. The number of aromatic nitrogens is 10. The second kappa shape index (κ2) is 31.5. The summed E-state index contributed by atoms with van der Waals surface area (Å²) in [6, 6.07) is 52.4. The molecule has 484 valence electrons. The minimum Gasteiger partial charge on any atom is -0.389 e. The van der Waals surface area contributed by atoms with E-state index in [2.05, 4.69) is 97.9 Å². The molecular formula is C74H76N20O2. The first-order valence-electron chi connectivity index (χ1n) is 30.4. The summed E-state index contributed by atoms with van der Waals surface area (Å²) in [5, 5.41) is 32.7. The first kappa shape index (κ1) is 67.7. The fourth-order valence-corrected chi connectivity index (χ4v) is 10.0. The van der Waals surface area contributed by atoms with E-state index in [0.29, 0.717) is 59.8 Å². The molecule has 0 unspecified atom stereocenters. The smallest absolute Gasteiger partial charge is 0.170 e. The number of aryl methyl sites for hydroxylation is 8. The van der Waals surface area contributed by atoms with Gasteiger partial charge in [0.25, 0.3) is 0 Å². The van der Waals surface area contributed by atoms with Gasteiger partial charge in [0.1, 0.15) is 49.1 Å². The summed E-state index contributed by atoms with van der Waals surface area (Å²) < 4.78 is 0. The Bertz CT molecular complexity index is 4740. The molecular weight excluding hydrogens is 1200 g/mol. The number of nitrogens with zero attached hydrogens (tertiary/aromatic N) is 12. The summed E-state index contributed by atoms with van der Waals surface area (Å²) >= 11 is 0. The number of hydrogen-bond acceptors (Lipinski definition) is 22. The fraction of sp³-hybridized carbons (Fsp3) is 0.135. The van der Waals surface area contributed by atoms with E-state index in [0.717, 1.165) is 87.1 Å². The highest BCUT2D eigenvalue weighted by atomic mass is 16.6. The molecule has 0 saturated heterocycles. The Morgan fingerprint density at radius 3 is 1.39 bits per heavy atom. The maximum atomic E-state index is 5.71. The van der Waals surface area contributed by atoms with Gasteiger partial charge in [0, 0.05) is 77.7 Å². The number of fused-ring (bicyclic) bond motifs is 8. The molecule has 0 saturated carbocycles. The second-order valence-corrected chi connectivity index (χ2v) is 22.9. The number of nitrogens with two attached hydrogens (primary N) is 8. The highest BCUT2D eigenvalue weighted by Gasteiger charge is 2.13. The van der Waals surface area contributed by atoms with Crippen LogP contribution in [0.3, 0.4) is 0 Å². The molecule has 6 aromatic heterocycles. The lowest BCUT2D eigenvalue weighted by atomic mass is 10.0. The molecule has 2 aliphatic rings. The van der Waals surface area contributed by atoms with Crippen molar-refractivity contribution in [2.24, 2.45) is 21.8 Å². The van der Waals surface area contributed by atoms with Gasteiger partial charge >= 0.3 is 0 Å². The molecule has 14 aromatic rings. The van der Waals surface area contributed by atoms with Crippen LogP contribution < -0.4 is 45.9 Å². The first-order chi connectivity index (χ1) is 46.2. The first-order valence-corrected chi connectivity index (χ1v) is 30.4. The molecule has 8 aromatic carbocycles. The fourth-order valence-electron chi connectivity index (χ4n) is 10.0. The Balaban J connectivity index is 0.000000129. The van der Waals surface area contributed by atoms with Gasteiger partial charge in [0.2, 0.25) is 0 Å². The maximum absolute atomic E-state index is 5.71. The van der Waals surface area contributed by atoms with Gasteiger partial charge in [-0.25, -0.2) is 29.9 Å². The van der Waals surface area contributed by atoms with Crippen molar-refractivity contribution in [1.29, 1.82) is 0 Å². The number of pyridine rings is 2. The van der Waals surface area contributed by atoms with Crippen LogP contribution in [0.4, 0.5) is 34.9 Å². The zero-order valence-corrected chi connectivity index (χ0v) is 54.7. The van der Waals surface area contributed by atoms with Gasteiger partial charge in [0.15, 0.2) is 23.3 Å². The van der Waals surface area contributed by atoms with Crippen LogP contribution in [-0.2, 0) is 22.9 Å². The average molecular weight is 1280 g/mol. The predicted octanol–water partition coefficient (Wildman–Crippen LogP) is 12.6. The van der Waals surface area contributed by atoms with Gasteiger partial charge in [-0.1, -0.05) is 146 Å². The van der Waals surface area contributed by atoms with Crippen LogP contribution in [0.5, 0.6) is 0 Å². The molecule has 0 atom stereocenters. The molecule has 0 fully saturated rings. The third kappa shape index (κ3) is 17.9. The van der Waals surface area contributed by atoms with Gasteiger partial charge in [-0.3, -0.25) is 0 Å². The molecule has 16 N–H and O–H groups in total. The second-order valence-electron chi connectivity index (χ2n) is 22.9. The standard InChI is InChI=1S/2C10H10N2.4C9H9N3.2C9H10N2O/c1-7-2-3-9-8(6-7)4-5-12-10(9)11;1-7-2-3-8-4-5-12-10(11)9(8)6-7;1-6-2-3-8-7(4-6)9(10)12-5-11-8;1-6-2-3-8-7(4-6)5-11-12-9(8)10;1-6-2-3-7-8(4-6)11-5-12-9(7)10;1-6-2-3-7-5-11-12-9(10)8(7)4-6;1-6-2-3-8-7(4-6)5-12-11-9(8)10;1-6-2-3-7-5-12-11-9(10)8(7)4-6/h2*2-6H,1H3,(H2,11,12);2-5H,1H3,(H2,10,11,12);2-5H,1H3,(H2,10,12);2-5H,1H3,(H2,10,11,12);2-5H,1H3,(H2,10,12);2*2-4H,5H2,1H3,(H2,10,11). The van der Waals surface area contributed by atoms with Crippen LogP contribution >= 0.6 is 0 Å². The summed E-state index contributed by atoms with van der Waals surface area (Å²) in [7, 11) is 0. The number of nitrogen functional groups attached to an aromatic ring is 6. The van der Waals surface area contributed by atoms with Crippen LogP contribution in [0.15, 0.2) is 205 Å². The quantitative estimate of drug-likeness (QED) is 0.0699. The van der Waals surface area contributed by atoms with E-state index >= 15 is 0 Å². The predicted molar refractivity (Wildman–Crippen MR) is 390 cm³/mol. The van der Waals surface area contributed by atoms with Crippen LogP contribution in [0.25, 0.3) is 64.9 Å². The van der Waals surface area contributed by atoms with Crippen LogP contribution in [0.1, 0.15) is 66.8 Å². The van der Waals surface area contributed by atoms with Gasteiger partial charge in [-0.15, -0.1) is 10.2 Å². The zero-order chi connectivity index (χ0) is 68.4. The Morgan fingerprint density at radius 2 is 0.719 bits per heavy atom. The van der Waals surface area contributed by atoms with E-state index in [1.165, 1.54) is 57.2 Å². The van der Waals surface area contributed by atoms with E-state index < -0.39 is 0 Å². The highest BCUT2D eigenvalue weighted by molar-refractivity contribution is 6.00. The number of amidine groups is 2. The Morgan fingerprint density at radius 1 is 0.292 bits per heavy atom. The van der Waals surface area contributed by atoms with Gasteiger partial charge in [-0.2, -0.15) is 10.2 Å². The van der Waals surface area contributed by atoms with Crippen LogP contribution in [-0.4, -0.2) is 62.0 Å². The van der Waals surface area contributed by atoms with Crippen molar-refractivity contribution in [2.75, 3.05) is 34.4 Å². The van der Waals surface area contributed by atoms with Crippen molar-refractivity contribution in [3.05, 3.63) is 262 Å². The average Bonchev–Trinajstić information content (AvgIpc) is 1.11. The SMILES string of the molecule is Cc1ccc2c(N)nccc2c1.Cc1ccc2c(N)ncnc2c1.Cc1ccc2c(N)nncc2c1.Cc1ccc2c(c1)C(N)=NOC2.Cc1ccc2c(c1)CON=C2N.Cc1ccc2ccnc(N)c2c1.Cc1ccc2cnnc(N)c2c1.Cc1ccc2ncnc(N)c2c1. The van der Waals surface area contributed by atoms with Crippen molar-refractivity contribution >= 4 is 111 Å². The van der Waals surface area contributed by atoms with Crippen molar-refractivity contribution in [3.63, 3.8) is 0 Å². The van der Waals surface area contributed by atoms with E-state index in [1.54, 1.807) is 24.8 Å². The lowest BCUT2D eigenvalue weighted by Gasteiger charge is -2.13. The molecule has 22 heteroatoms. The molecule has 22 nitrogen and oxygen atoms in total. The van der Waals surface area contributed by atoms with Crippen molar-refractivity contribution < 1.29 is 9.68 Å². The molecule has 0 spiro atoms. The number of rotatable bonds is 0. The summed E-state index contributed by atoms with van der Waals surface area (Å²) in [6.07, 6.45) is 9.86. The number of oxime groups is 2. The van der Waals surface area contributed by atoms with Crippen molar-refractivity contribution in [2.45, 2.75) is 68.6 Å². The normalized spacial score (nSPS) is 11.5. The lowest BCUT2D eigenvalue weighted by molar-refractivity contribution is 0.125. The maximum Gasteiger partial charge on any atom is 0.170 e.